The minimum Gasteiger partial charge on any atom is -0.393 e. The molecular weight excluding hydrogens is 452 g/mol. The van der Waals surface area contributed by atoms with Crippen molar-refractivity contribution in [2.45, 2.75) is 89.3 Å². The van der Waals surface area contributed by atoms with Crippen molar-refractivity contribution in [2.24, 2.45) is 0 Å². The van der Waals surface area contributed by atoms with Crippen LogP contribution in [0.3, 0.4) is 0 Å². The fourth-order valence-corrected chi connectivity index (χ4v) is 5.85. The van der Waals surface area contributed by atoms with E-state index in [0.29, 0.717) is 29.5 Å². The van der Waals surface area contributed by atoms with Gasteiger partial charge in [-0.05, 0) is 75.5 Å². The third-order valence-electron chi connectivity index (χ3n) is 7.89. The van der Waals surface area contributed by atoms with Gasteiger partial charge in [0, 0.05) is 55.3 Å². The van der Waals surface area contributed by atoms with Crippen LogP contribution in [0.2, 0.25) is 0 Å². The monoisotopic (exact) mass is 490 g/mol. The number of carbonyl (C=O) groups is 1. The van der Waals surface area contributed by atoms with E-state index in [2.05, 4.69) is 34.9 Å². The summed E-state index contributed by atoms with van der Waals surface area (Å²) >= 11 is 0. The van der Waals surface area contributed by atoms with Crippen molar-refractivity contribution in [3.63, 3.8) is 0 Å². The number of aliphatic hydroxyl groups excluding tert-OH is 1. The second kappa shape index (κ2) is 10.9. The minimum absolute atomic E-state index is 0.0602. The number of fused-ring (bicyclic) bond motifs is 1. The highest BCUT2D eigenvalue weighted by molar-refractivity contribution is 5.94. The van der Waals surface area contributed by atoms with Crippen LogP contribution in [0.25, 0.3) is 11.0 Å². The SMILES string of the molecule is CCC[C@H](C)Nc1ncc2c(C3CCN(C(=O)c4cccnc4)CC3)cn(C3CCC(O)CC3)c2n1. The summed E-state index contributed by atoms with van der Waals surface area (Å²) in [4.78, 5) is 28.6. The van der Waals surface area contributed by atoms with Gasteiger partial charge in [0.25, 0.3) is 5.91 Å². The number of hydrogen-bond acceptors (Lipinski definition) is 6. The van der Waals surface area contributed by atoms with Gasteiger partial charge < -0.3 is 19.9 Å². The van der Waals surface area contributed by atoms with Crippen molar-refractivity contribution in [3.05, 3.63) is 48.0 Å². The van der Waals surface area contributed by atoms with Crippen LogP contribution in [0, 0.1) is 0 Å². The Labute approximate surface area is 213 Å². The summed E-state index contributed by atoms with van der Waals surface area (Å²) in [5.74, 6) is 1.11. The third kappa shape index (κ3) is 5.24. The highest BCUT2D eigenvalue weighted by atomic mass is 16.3. The van der Waals surface area contributed by atoms with Gasteiger partial charge in [-0.15, -0.1) is 0 Å². The number of nitrogens with zero attached hydrogens (tertiary/aromatic N) is 5. The van der Waals surface area contributed by atoms with Crippen molar-refractivity contribution in [1.29, 1.82) is 0 Å². The molecule has 36 heavy (non-hydrogen) atoms. The lowest BCUT2D eigenvalue weighted by atomic mass is 9.89. The standard InChI is InChI=1S/C28H38N6O2/c1-3-5-19(2)31-28-30-17-24-25(18-34(26(24)32-28)22-7-9-23(35)10-8-22)20-11-14-33(15-12-20)27(36)21-6-4-13-29-16-21/h4,6,13,16-20,22-23,35H,3,5,7-12,14-15H2,1-2H3,(H,30,31,32)/t19-,22?,23?/m0/s1. The second-order valence-electron chi connectivity index (χ2n) is 10.5. The van der Waals surface area contributed by atoms with Crippen LogP contribution in [0.4, 0.5) is 5.95 Å². The molecule has 0 spiro atoms. The van der Waals surface area contributed by atoms with E-state index in [1.807, 2.05) is 23.2 Å². The molecule has 2 aliphatic rings. The fourth-order valence-electron chi connectivity index (χ4n) is 5.85. The quantitative estimate of drug-likeness (QED) is 0.488. The Balaban J connectivity index is 1.39. The number of piperidine rings is 1. The Morgan fingerprint density at radius 2 is 1.94 bits per heavy atom. The normalized spacial score (nSPS) is 22.0. The summed E-state index contributed by atoms with van der Waals surface area (Å²) in [6, 6.07) is 4.31. The summed E-state index contributed by atoms with van der Waals surface area (Å²) in [7, 11) is 0. The molecule has 8 heteroatoms. The van der Waals surface area contributed by atoms with Crippen LogP contribution in [0.5, 0.6) is 0 Å². The van der Waals surface area contributed by atoms with Crippen LogP contribution in [0.1, 0.15) is 93.1 Å². The molecule has 1 aliphatic heterocycles. The molecule has 1 atom stereocenters. The summed E-state index contributed by atoms with van der Waals surface area (Å²) in [5, 5.41) is 14.6. The van der Waals surface area contributed by atoms with Crippen molar-refractivity contribution < 1.29 is 9.90 Å². The van der Waals surface area contributed by atoms with E-state index in [-0.39, 0.29) is 12.0 Å². The average molecular weight is 491 g/mol. The number of carbonyl (C=O) groups excluding carboxylic acids is 1. The van der Waals surface area contributed by atoms with Crippen LogP contribution < -0.4 is 5.32 Å². The van der Waals surface area contributed by atoms with E-state index in [9.17, 15) is 9.90 Å². The summed E-state index contributed by atoms with van der Waals surface area (Å²) in [6.45, 7) is 5.82. The lowest BCUT2D eigenvalue weighted by molar-refractivity contribution is 0.0712. The number of amides is 1. The zero-order valence-corrected chi connectivity index (χ0v) is 21.4. The second-order valence-corrected chi connectivity index (χ2v) is 10.5. The molecule has 2 fully saturated rings. The van der Waals surface area contributed by atoms with Gasteiger partial charge >= 0.3 is 0 Å². The average Bonchev–Trinajstić information content (AvgIpc) is 3.28. The van der Waals surface area contributed by atoms with Crippen molar-refractivity contribution in [1.82, 2.24) is 24.4 Å². The Kier molecular flexibility index (Phi) is 7.51. The van der Waals surface area contributed by atoms with Gasteiger partial charge in [0.05, 0.1) is 11.7 Å². The summed E-state index contributed by atoms with van der Waals surface area (Å²) < 4.78 is 2.35. The first kappa shape index (κ1) is 24.7. The third-order valence-corrected chi connectivity index (χ3v) is 7.89. The van der Waals surface area contributed by atoms with Gasteiger partial charge in [-0.25, -0.2) is 4.98 Å². The predicted molar refractivity (Wildman–Crippen MR) is 141 cm³/mol. The minimum atomic E-state index is -0.189. The Morgan fingerprint density at radius 3 is 2.64 bits per heavy atom. The van der Waals surface area contributed by atoms with Crippen LogP contribution >= 0.6 is 0 Å². The maximum absolute atomic E-state index is 12.9. The molecule has 1 saturated carbocycles. The van der Waals surface area contributed by atoms with Crippen molar-refractivity contribution in [3.8, 4) is 0 Å². The zero-order chi connectivity index (χ0) is 25.1. The van der Waals surface area contributed by atoms with Gasteiger partial charge in [0.2, 0.25) is 5.95 Å². The summed E-state index contributed by atoms with van der Waals surface area (Å²) in [5.41, 5.74) is 2.93. The lowest BCUT2D eigenvalue weighted by Gasteiger charge is -2.32. The molecule has 0 radical (unpaired) electrons. The largest absolute Gasteiger partial charge is 0.393 e. The number of aliphatic hydroxyl groups is 1. The summed E-state index contributed by atoms with van der Waals surface area (Å²) in [6.07, 6.45) is 15.0. The van der Waals surface area contributed by atoms with E-state index in [1.54, 1.807) is 12.4 Å². The molecule has 5 rings (SSSR count). The van der Waals surface area contributed by atoms with Crippen molar-refractivity contribution in [2.75, 3.05) is 18.4 Å². The first-order chi connectivity index (χ1) is 17.5. The zero-order valence-electron chi connectivity index (χ0n) is 21.4. The smallest absolute Gasteiger partial charge is 0.255 e. The number of anilines is 1. The molecule has 0 bridgehead atoms. The molecular formula is C28H38N6O2. The van der Waals surface area contributed by atoms with Gasteiger partial charge in [0.1, 0.15) is 5.65 Å². The Bertz CT molecular complexity index is 1160. The molecule has 1 aliphatic carbocycles. The van der Waals surface area contributed by atoms with E-state index in [0.717, 1.165) is 75.5 Å². The molecule has 3 aromatic heterocycles. The molecule has 1 amide bonds. The highest BCUT2D eigenvalue weighted by Crippen LogP contribution is 2.38. The number of pyridine rings is 1. The van der Waals surface area contributed by atoms with Crippen LogP contribution in [-0.4, -0.2) is 60.7 Å². The Hall–Kier alpha value is -3.00. The van der Waals surface area contributed by atoms with Crippen LogP contribution in [0.15, 0.2) is 36.9 Å². The topological polar surface area (TPSA) is 96.2 Å². The first-order valence-electron chi connectivity index (χ1n) is 13.5. The molecule has 2 N–H and O–H groups in total. The number of nitrogens with one attached hydrogen (secondary N) is 1. The molecule has 192 valence electrons. The fraction of sp³-hybridized carbons (Fsp3) is 0.571. The van der Waals surface area contributed by atoms with Crippen molar-refractivity contribution >= 4 is 22.9 Å². The van der Waals surface area contributed by atoms with Gasteiger partial charge in [0.15, 0.2) is 0 Å². The number of likely N-dealkylation sites (tertiary alicyclic amines) is 1. The maximum Gasteiger partial charge on any atom is 0.255 e. The Morgan fingerprint density at radius 1 is 1.17 bits per heavy atom. The predicted octanol–water partition coefficient (Wildman–Crippen LogP) is 4.92. The van der Waals surface area contributed by atoms with E-state index in [1.165, 1.54) is 5.56 Å². The van der Waals surface area contributed by atoms with Gasteiger partial charge in [-0.1, -0.05) is 13.3 Å². The van der Waals surface area contributed by atoms with E-state index >= 15 is 0 Å². The molecule has 4 heterocycles. The first-order valence-corrected chi connectivity index (χ1v) is 13.5. The lowest BCUT2D eigenvalue weighted by Crippen LogP contribution is -2.37. The molecule has 1 saturated heterocycles. The molecule has 0 aromatic carbocycles. The molecule has 0 unspecified atom stereocenters. The highest BCUT2D eigenvalue weighted by Gasteiger charge is 2.29. The van der Waals surface area contributed by atoms with Gasteiger partial charge in [-0.3, -0.25) is 9.78 Å². The number of rotatable bonds is 7. The molecule has 8 nitrogen and oxygen atoms in total. The van der Waals surface area contributed by atoms with E-state index in [4.69, 9.17) is 9.97 Å². The van der Waals surface area contributed by atoms with Crippen LogP contribution in [-0.2, 0) is 0 Å². The number of hydrogen-bond donors (Lipinski definition) is 2. The number of aromatic nitrogens is 4. The van der Waals surface area contributed by atoms with Gasteiger partial charge in [-0.2, -0.15) is 4.98 Å². The molecule has 3 aromatic rings. The maximum atomic E-state index is 12.9. The van der Waals surface area contributed by atoms with E-state index < -0.39 is 0 Å².